The van der Waals surface area contributed by atoms with Gasteiger partial charge in [-0.25, -0.2) is 13.2 Å². The van der Waals surface area contributed by atoms with Crippen LogP contribution in [0, 0.1) is 17.0 Å². The Hall–Kier alpha value is -2.49. The fourth-order valence-corrected chi connectivity index (χ4v) is 5.04. The van der Waals surface area contributed by atoms with Gasteiger partial charge in [0.05, 0.1) is 22.0 Å². The van der Waals surface area contributed by atoms with Crippen LogP contribution in [0.25, 0.3) is 0 Å². The molecule has 1 saturated carbocycles. The van der Waals surface area contributed by atoms with Gasteiger partial charge in [0.15, 0.2) is 16.4 Å². The molecule has 0 bridgehead atoms. The van der Waals surface area contributed by atoms with Gasteiger partial charge in [-0.2, -0.15) is 0 Å². The molecule has 1 aromatic carbocycles. The summed E-state index contributed by atoms with van der Waals surface area (Å²) in [6.07, 6.45) is 2.04. The Kier molecular flexibility index (Phi) is 5.18. The van der Waals surface area contributed by atoms with Crippen LogP contribution in [0.4, 0.5) is 5.69 Å². The summed E-state index contributed by atoms with van der Waals surface area (Å²) in [6.45, 7) is 1.03. The Morgan fingerprint density at radius 3 is 2.48 bits per heavy atom. The highest BCUT2D eigenvalue weighted by Crippen LogP contribution is 2.32. The van der Waals surface area contributed by atoms with E-state index >= 15 is 0 Å². The Balaban J connectivity index is 1.63. The summed E-state index contributed by atoms with van der Waals surface area (Å²) >= 11 is 0. The van der Waals surface area contributed by atoms with Gasteiger partial charge in [0.25, 0.3) is 11.6 Å². The van der Waals surface area contributed by atoms with Crippen molar-refractivity contribution in [3.63, 3.8) is 0 Å². The lowest BCUT2D eigenvalue weighted by molar-refractivity contribution is -0.385. The number of hydrogen-bond acceptors (Lipinski definition) is 7. The Morgan fingerprint density at radius 2 is 1.96 bits per heavy atom. The molecule has 0 unspecified atom stereocenters. The first-order valence-electron chi connectivity index (χ1n) is 8.62. The molecule has 1 aliphatic carbocycles. The molecule has 1 amide bonds. The van der Waals surface area contributed by atoms with Gasteiger partial charge in [0.1, 0.15) is 0 Å². The molecule has 10 heteroatoms. The van der Waals surface area contributed by atoms with Crippen LogP contribution < -0.4 is 0 Å². The van der Waals surface area contributed by atoms with Gasteiger partial charge in [0.2, 0.25) is 0 Å². The number of hydrogen-bond donors (Lipinski definition) is 0. The lowest BCUT2D eigenvalue weighted by Gasteiger charge is -2.28. The Morgan fingerprint density at radius 1 is 1.26 bits per heavy atom. The average molecular weight is 396 g/mol. The Bertz CT molecular complexity index is 893. The van der Waals surface area contributed by atoms with E-state index in [2.05, 4.69) is 0 Å². The van der Waals surface area contributed by atoms with Gasteiger partial charge in [-0.1, -0.05) is 0 Å². The zero-order valence-electron chi connectivity index (χ0n) is 14.8. The van der Waals surface area contributed by atoms with Crippen molar-refractivity contribution in [2.24, 2.45) is 0 Å². The van der Waals surface area contributed by atoms with Gasteiger partial charge < -0.3 is 9.64 Å². The van der Waals surface area contributed by atoms with E-state index in [1.165, 1.54) is 25.1 Å². The average Bonchev–Trinajstić information content (AvgIpc) is 3.35. The second-order valence-corrected chi connectivity index (χ2v) is 9.15. The summed E-state index contributed by atoms with van der Waals surface area (Å²) in [7, 11) is -3.13. The van der Waals surface area contributed by atoms with E-state index in [0.29, 0.717) is 12.0 Å². The van der Waals surface area contributed by atoms with E-state index in [9.17, 15) is 28.1 Å². The van der Waals surface area contributed by atoms with Crippen molar-refractivity contribution in [3.05, 3.63) is 39.4 Å². The van der Waals surface area contributed by atoms with E-state index in [4.69, 9.17) is 4.74 Å². The molecule has 1 atom stereocenters. The molecule has 0 spiro atoms. The second kappa shape index (κ2) is 7.26. The van der Waals surface area contributed by atoms with Crippen LogP contribution in [-0.4, -0.2) is 60.3 Å². The SMILES string of the molecule is Cc1cc(C(=O)OCC(=O)N(C2CC2)[C@H]2CCS(=O)(=O)C2)ccc1[N+](=O)[O-]. The first kappa shape index (κ1) is 19.3. The zero-order valence-corrected chi connectivity index (χ0v) is 15.6. The maximum Gasteiger partial charge on any atom is 0.338 e. The molecule has 9 nitrogen and oxygen atoms in total. The van der Waals surface area contributed by atoms with Crippen LogP contribution in [0.2, 0.25) is 0 Å². The first-order chi connectivity index (χ1) is 12.7. The topological polar surface area (TPSA) is 124 Å². The summed E-state index contributed by atoms with van der Waals surface area (Å²) in [6, 6.07) is 3.48. The molecule has 0 aromatic heterocycles. The van der Waals surface area contributed by atoms with E-state index in [1.807, 2.05) is 0 Å². The third-order valence-corrected chi connectivity index (χ3v) is 6.54. The number of carbonyl (C=O) groups is 2. The summed E-state index contributed by atoms with van der Waals surface area (Å²) in [5, 5.41) is 10.8. The fraction of sp³-hybridized carbons (Fsp3) is 0.529. The van der Waals surface area contributed by atoms with Crippen molar-refractivity contribution in [2.75, 3.05) is 18.1 Å². The molecular weight excluding hydrogens is 376 g/mol. The molecule has 1 saturated heterocycles. The number of sulfone groups is 1. The highest BCUT2D eigenvalue weighted by atomic mass is 32.2. The summed E-state index contributed by atoms with van der Waals surface area (Å²) in [4.78, 5) is 36.5. The summed E-state index contributed by atoms with van der Waals surface area (Å²) in [5.74, 6) is -1.15. The van der Waals surface area contributed by atoms with E-state index in [-0.39, 0.29) is 34.8 Å². The molecule has 1 aliphatic heterocycles. The van der Waals surface area contributed by atoms with Crippen molar-refractivity contribution >= 4 is 27.4 Å². The van der Waals surface area contributed by atoms with Crippen LogP contribution in [0.1, 0.15) is 35.2 Å². The summed E-state index contributed by atoms with van der Waals surface area (Å²) < 4.78 is 28.5. The number of nitrogens with zero attached hydrogens (tertiary/aromatic N) is 2. The maximum absolute atomic E-state index is 12.5. The normalized spacial score (nSPS) is 20.9. The van der Waals surface area contributed by atoms with Gasteiger partial charge in [-0.05, 0) is 38.3 Å². The number of benzene rings is 1. The van der Waals surface area contributed by atoms with Gasteiger partial charge in [-0.15, -0.1) is 0 Å². The number of rotatable bonds is 6. The third kappa shape index (κ3) is 4.44. The highest BCUT2D eigenvalue weighted by molar-refractivity contribution is 7.91. The van der Waals surface area contributed by atoms with Crippen molar-refractivity contribution in [2.45, 2.75) is 38.3 Å². The largest absolute Gasteiger partial charge is 0.452 e. The van der Waals surface area contributed by atoms with Crippen molar-refractivity contribution < 1.29 is 27.7 Å². The maximum atomic E-state index is 12.5. The molecule has 3 rings (SSSR count). The second-order valence-electron chi connectivity index (χ2n) is 6.92. The van der Waals surface area contributed by atoms with Crippen LogP contribution in [0.5, 0.6) is 0 Å². The number of nitro benzene ring substituents is 1. The van der Waals surface area contributed by atoms with Gasteiger partial charge >= 0.3 is 5.97 Å². The van der Waals surface area contributed by atoms with Crippen molar-refractivity contribution in [1.29, 1.82) is 0 Å². The molecule has 2 fully saturated rings. The van der Waals surface area contributed by atoms with Crippen LogP contribution in [-0.2, 0) is 19.4 Å². The zero-order chi connectivity index (χ0) is 19.8. The predicted octanol–water partition coefficient (Wildman–Crippen LogP) is 1.24. The first-order valence-corrected chi connectivity index (χ1v) is 10.4. The highest BCUT2D eigenvalue weighted by Gasteiger charge is 2.42. The van der Waals surface area contributed by atoms with Gasteiger partial charge in [-0.3, -0.25) is 14.9 Å². The standard InChI is InChI=1S/C17H20N2O7S/c1-11-8-12(2-5-15(11)19(22)23)17(21)26-9-16(20)18(13-3-4-13)14-6-7-27(24,25)10-14/h2,5,8,13-14H,3-4,6-7,9-10H2,1H3/t14-/m0/s1. The minimum Gasteiger partial charge on any atom is -0.452 e. The third-order valence-electron chi connectivity index (χ3n) is 4.79. The molecular formula is C17H20N2O7S. The monoisotopic (exact) mass is 396 g/mol. The van der Waals surface area contributed by atoms with Crippen LogP contribution >= 0.6 is 0 Å². The molecule has 1 heterocycles. The molecule has 1 aromatic rings. The van der Waals surface area contributed by atoms with Crippen molar-refractivity contribution in [1.82, 2.24) is 4.90 Å². The molecule has 27 heavy (non-hydrogen) atoms. The number of ether oxygens (including phenoxy) is 1. The number of carbonyl (C=O) groups excluding carboxylic acids is 2. The number of amides is 1. The number of esters is 1. The lowest BCUT2D eigenvalue weighted by Crippen LogP contribution is -2.44. The predicted molar refractivity (Wildman–Crippen MR) is 95.0 cm³/mol. The molecule has 0 radical (unpaired) electrons. The minimum atomic E-state index is -3.13. The Labute approximate surface area is 156 Å². The minimum absolute atomic E-state index is 0.0103. The molecule has 2 aliphatic rings. The molecule has 0 N–H and O–H groups in total. The van der Waals surface area contributed by atoms with Crippen LogP contribution in [0.3, 0.4) is 0 Å². The number of nitro groups is 1. The van der Waals surface area contributed by atoms with Gasteiger partial charge in [0, 0.05) is 23.7 Å². The van der Waals surface area contributed by atoms with Crippen molar-refractivity contribution in [3.8, 4) is 0 Å². The van der Waals surface area contributed by atoms with E-state index in [0.717, 1.165) is 12.8 Å². The summed E-state index contributed by atoms with van der Waals surface area (Å²) in [5.41, 5.74) is 0.328. The fourth-order valence-electron chi connectivity index (χ4n) is 3.33. The van der Waals surface area contributed by atoms with Crippen LogP contribution in [0.15, 0.2) is 18.2 Å². The lowest BCUT2D eigenvalue weighted by atomic mass is 10.1. The quantitative estimate of drug-likeness (QED) is 0.402. The van der Waals surface area contributed by atoms with E-state index in [1.54, 1.807) is 4.90 Å². The molecule has 146 valence electrons. The number of aryl methyl sites for hydroxylation is 1. The smallest absolute Gasteiger partial charge is 0.338 e. The van der Waals surface area contributed by atoms with E-state index < -0.39 is 33.2 Å².